The number of nitrogens with one attached hydrogen (secondary N) is 2. The van der Waals surface area contributed by atoms with Gasteiger partial charge in [0.2, 0.25) is 0 Å². The van der Waals surface area contributed by atoms with E-state index in [9.17, 15) is 9.90 Å². The maximum absolute atomic E-state index is 13.0. The fraction of sp³-hybridized carbons (Fsp3) is 0.136. The molecule has 0 aliphatic carbocycles. The molecule has 0 fully saturated rings. The molecule has 0 saturated carbocycles. The van der Waals surface area contributed by atoms with Crippen molar-refractivity contribution in [2.24, 2.45) is 0 Å². The fourth-order valence-electron chi connectivity index (χ4n) is 3.10. The van der Waals surface area contributed by atoms with Crippen LogP contribution in [0.15, 0.2) is 65.4 Å². The molecular formula is C22H19BrN4O2. The highest BCUT2D eigenvalue weighted by Gasteiger charge is 2.16. The fourth-order valence-corrected chi connectivity index (χ4v) is 3.59. The molecule has 0 saturated heterocycles. The van der Waals surface area contributed by atoms with Gasteiger partial charge in [-0.1, -0.05) is 19.1 Å². The highest BCUT2D eigenvalue weighted by molar-refractivity contribution is 9.10. The van der Waals surface area contributed by atoms with Gasteiger partial charge in [-0.15, -0.1) is 0 Å². The summed E-state index contributed by atoms with van der Waals surface area (Å²) in [6.07, 6.45) is 3.41. The highest BCUT2D eigenvalue weighted by Crippen LogP contribution is 2.28. The number of halogens is 1. The number of aliphatic hydroxyl groups is 1. The minimum absolute atomic E-state index is 0.0282. The van der Waals surface area contributed by atoms with Gasteiger partial charge in [-0.05, 0) is 57.9 Å². The summed E-state index contributed by atoms with van der Waals surface area (Å²) in [6.45, 7) is 2.01. The maximum Gasteiger partial charge on any atom is 0.257 e. The zero-order valence-electron chi connectivity index (χ0n) is 15.7. The van der Waals surface area contributed by atoms with Crippen LogP contribution in [0.25, 0.3) is 22.4 Å². The summed E-state index contributed by atoms with van der Waals surface area (Å²) in [5.41, 5.74) is 4.44. The van der Waals surface area contributed by atoms with E-state index in [1.54, 1.807) is 18.5 Å². The number of anilines is 1. The lowest BCUT2D eigenvalue weighted by Crippen LogP contribution is -2.13. The summed E-state index contributed by atoms with van der Waals surface area (Å²) < 4.78 is 0.760. The first-order chi connectivity index (χ1) is 14.1. The number of para-hydroxylation sites is 1. The lowest BCUT2D eigenvalue weighted by Gasteiger charge is -2.12. The number of pyridine rings is 1. The molecule has 2 heterocycles. The van der Waals surface area contributed by atoms with Crippen LogP contribution in [-0.4, -0.2) is 32.6 Å². The predicted octanol–water partition coefficient (Wildman–Crippen LogP) is 4.74. The summed E-state index contributed by atoms with van der Waals surface area (Å²) in [4.78, 5) is 24.9. The molecule has 1 unspecified atom stereocenters. The lowest BCUT2D eigenvalue weighted by atomic mass is 10.0. The molecule has 0 radical (unpaired) electrons. The van der Waals surface area contributed by atoms with Crippen molar-refractivity contribution in [1.82, 2.24) is 15.0 Å². The Hall–Kier alpha value is -3.03. The Morgan fingerprint density at radius 1 is 1.21 bits per heavy atom. The molecule has 0 spiro atoms. The van der Waals surface area contributed by atoms with Gasteiger partial charge < -0.3 is 15.4 Å². The average molecular weight is 451 g/mol. The molecule has 1 amide bonds. The number of hydrogen-bond donors (Lipinski definition) is 3. The lowest BCUT2D eigenvalue weighted by molar-refractivity contribution is 0.102. The van der Waals surface area contributed by atoms with Crippen molar-refractivity contribution in [2.75, 3.05) is 11.9 Å². The van der Waals surface area contributed by atoms with Crippen molar-refractivity contribution >= 4 is 38.6 Å². The van der Waals surface area contributed by atoms with Gasteiger partial charge in [0.05, 0.1) is 16.8 Å². The molecule has 0 aliphatic heterocycles. The third-order valence-corrected chi connectivity index (χ3v) is 5.45. The molecule has 1 atom stereocenters. The van der Waals surface area contributed by atoms with Gasteiger partial charge in [0.1, 0.15) is 11.3 Å². The summed E-state index contributed by atoms with van der Waals surface area (Å²) >= 11 is 3.51. The molecule has 6 nitrogen and oxygen atoms in total. The van der Waals surface area contributed by atoms with Gasteiger partial charge >= 0.3 is 0 Å². The van der Waals surface area contributed by atoms with Crippen LogP contribution in [-0.2, 0) is 0 Å². The number of hydrogen-bond acceptors (Lipinski definition) is 4. The van der Waals surface area contributed by atoms with E-state index in [4.69, 9.17) is 0 Å². The Kier molecular flexibility index (Phi) is 5.42. The van der Waals surface area contributed by atoms with Gasteiger partial charge in [0.25, 0.3) is 5.91 Å². The van der Waals surface area contributed by atoms with Crippen LogP contribution in [0.1, 0.15) is 28.8 Å². The first-order valence-corrected chi connectivity index (χ1v) is 9.97. The van der Waals surface area contributed by atoms with E-state index in [0.717, 1.165) is 21.1 Å². The quantitative estimate of drug-likeness (QED) is 0.409. The Bertz CT molecular complexity index is 1170. The molecule has 7 heteroatoms. The number of amides is 1. The Morgan fingerprint density at radius 2 is 2.00 bits per heavy atom. The van der Waals surface area contributed by atoms with Gasteiger partial charge in [-0.2, -0.15) is 0 Å². The van der Waals surface area contributed by atoms with Gasteiger partial charge in [-0.3, -0.25) is 9.78 Å². The van der Waals surface area contributed by atoms with Crippen LogP contribution in [0.4, 0.5) is 5.69 Å². The number of carbonyl (C=O) groups is 1. The molecule has 146 valence electrons. The number of benzene rings is 2. The number of fused-ring (bicyclic) bond motifs is 1. The average Bonchev–Trinajstić information content (AvgIpc) is 3.19. The molecule has 0 bridgehead atoms. The van der Waals surface area contributed by atoms with E-state index in [0.29, 0.717) is 22.6 Å². The number of aromatic nitrogens is 3. The van der Waals surface area contributed by atoms with Crippen LogP contribution in [0.2, 0.25) is 0 Å². The summed E-state index contributed by atoms with van der Waals surface area (Å²) in [6, 6.07) is 14.8. The minimum atomic E-state index is -0.243. The van der Waals surface area contributed by atoms with Crippen molar-refractivity contribution < 1.29 is 9.90 Å². The van der Waals surface area contributed by atoms with Gasteiger partial charge in [-0.25, -0.2) is 4.98 Å². The highest BCUT2D eigenvalue weighted by atomic mass is 79.9. The normalized spacial score (nSPS) is 12.1. The number of nitrogens with zero attached hydrogens (tertiary/aromatic N) is 2. The van der Waals surface area contributed by atoms with Crippen LogP contribution >= 0.6 is 15.9 Å². The van der Waals surface area contributed by atoms with Crippen molar-refractivity contribution in [3.8, 4) is 11.4 Å². The number of aliphatic hydroxyl groups excluding tert-OH is 1. The molecule has 4 aromatic rings. The van der Waals surface area contributed by atoms with E-state index < -0.39 is 0 Å². The Balaban J connectivity index is 1.65. The van der Waals surface area contributed by atoms with Crippen LogP contribution in [0, 0.1) is 0 Å². The molecule has 0 aliphatic rings. The van der Waals surface area contributed by atoms with E-state index in [1.807, 2.05) is 49.4 Å². The smallest absolute Gasteiger partial charge is 0.257 e. The van der Waals surface area contributed by atoms with Crippen LogP contribution < -0.4 is 5.32 Å². The second-order valence-electron chi connectivity index (χ2n) is 6.80. The topological polar surface area (TPSA) is 90.9 Å². The number of H-pyrrole nitrogens is 1. The number of imidazole rings is 1. The third kappa shape index (κ3) is 3.92. The van der Waals surface area contributed by atoms with E-state index >= 15 is 0 Å². The summed E-state index contributed by atoms with van der Waals surface area (Å²) in [5, 5.41) is 12.3. The standard InChI is InChI=1S/C22H19BrN4O2/c1-13(12-28)15-5-6-18(17(23)11-15)26-22(29)16-3-2-4-19-20(16)27-21(25-19)14-7-9-24-10-8-14/h2-11,13,28H,12H2,1H3,(H,25,27)(H,26,29). The Morgan fingerprint density at radius 3 is 2.72 bits per heavy atom. The zero-order chi connectivity index (χ0) is 20.4. The minimum Gasteiger partial charge on any atom is -0.396 e. The van der Waals surface area contributed by atoms with E-state index in [-0.39, 0.29) is 18.4 Å². The molecule has 3 N–H and O–H groups in total. The van der Waals surface area contributed by atoms with E-state index in [2.05, 4.69) is 36.2 Å². The molecule has 2 aromatic heterocycles. The van der Waals surface area contributed by atoms with Crippen LogP contribution in [0.5, 0.6) is 0 Å². The SMILES string of the molecule is CC(CO)c1ccc(NC(=O)c2cccc3[nH]c(-c4ccncc4)nc23)c(Br)c1. The second kappa shape index (κ2) is 8.14. The maximum atomic E-state index is 13.0. The van der Waals surface area contributed by atoms with Crippen molar-refractivity contribution in [3.05, 3.63) is 76.5 Å². The molecule has 2 aromatic carbocycles. The monoisotopic (exact) mass is 450 g/mol. The second-order valence-corrected chi connectivity index (χ2v) is 7.65. The number of aromatic amines is 1. The summed E-state index contributed by atoms with van der Waals surface area (Å²) in [7, 11) is 0. The Labute approximate surface area is 176 Å². The van der Waals surface area contributed by atoms with Gasteiger partial charge in [0.15, 0.2) is 0 Å². The largest absolute Gasteiger partial charge is 0.396 e. The summed E-state index contributed by atoms with van der Waals surface area (Å²) in [5.74, 6) is 0.471. The number of carbonyl (C=O) groups excluding carboxylic acids is 1. The zero-order valence-corrected chi connectivity index (χ0v) is 17.3. The van der Waals surface area contributed by atoms with Crippen molar-refractivity contribution in [1.29, 1.82) is 0 Å². The molecule has 4 rings (SSSR count). The van der Waals surface area contributed by atoms with Crippen molar-refractivity contribution in [2.45, 2.75) is 12.8 Å². The first kappa shape index (κ1) is 19.3. The van der Waals surface area contributed by atoms with E-state index in [1.165, 1.54) is 0 Å². The molecular weight excluding hydrogens is 432 g/mol. The number of rotatable bonds is 5. The van der Waals surface area contributed by atoms with Crippen molar-refractivity contribution in [3.63, 3.8) is 0 Å². The van der Waals surface area contributed by atoms with Crippen LogP contribution in [0.3, 0.4) is 0 Å². The molecule has 29 heavy (non-hydrogen) atoms. The van der Waals surface area contributed by atoms with Gasteiger partial charge in [0, 0.05) is 35.0 Å². The predicted molar refractivity (Wildman–Crippen MR) is 117 cm³/mol. The first-order valence-electron chi connectivity index (χ1n) is 9.17. The third-order valence-electron chi connectivity index (χ3n) is 4.80.